The molecule has 1 aromatic heterocycles. The predicted octanol–water partition coefficient (Wildman–Crippen LogP) is 0.801. The van der Waals surface area contributed by atoms with Crippen molar-refractivity contribution in [2.24, 2.45) is 0 Å². The highest BCUT2D eigenvalue weighted by molar-refractivity contribution is 5.99. The topological polar surface area (TPSA) is 116 Å². The van der Waals surface area contributed by atoms with E-state index in [1.165, 1.54) is 18.5 Å². The Kier molecular flexibility index (Phi) is 5.39. The lowest BCUT2D eigenvalue weighted by Gasteiger charge is -2.12. The minimum absolute atomic E-state index is 0.149. The molecule has 21 heavy (non-hydrogen) atoms. The molecule has 1 N–H and O–H groups in total. The quantitative estimate of drug-likeness (QED) is 0.471. The summed E-state index contributed by atoms with van der Waals surface area (Å²) in [6.45, 7) is 6.74. The summed E-state index contributed by atoms with van der Waals surface area (Å²) in [6.07, 6.45) is 0. The number of amides is 1. The highest BCUT2D eigenvalue weighted by atomic mass is 16.6. The van der Waals surface area contributed by atoms with E-state index in [4.69, 9.17) is 4.74 Å². The van der Waals surface area contributed by atoms with Crippen LogP contribution in [0.4, 0.5) is 5.69 Å². The number of carbonyl (C=O) groups excluding carboxylic acids is 2. The van der Waals surface area contributed by atoms with Crippen molar-refractivity contribution in [2.45, 2.75) is 40.3 Å². The molecule has 0 spiro atoms. The molecule has 1 atom stereocenters. The van der Waals surface area contributed by atoms with Gasteiger partial charge in [0.05, 0.1) is 11.5 Å². The minimum atomic E-state index is -0.905. The van der Waals surface area contributed by atoms with Gasteiger partial charge in [-0.05, 0) is 27.7 Å². The number of hydrogen-bond donors (Lipinski definition) is 1. The first-order valence-corrected chi connectivity index (χ1v) is 6.52. The van der Waals surface area contributed by atoms with E-state index in [0.29, 0.717) is 6.54 Å². The molecule has 0 saturated carbocycles. The molecule has 0 aliphatic carbocycles. The van der Waals surface area contributed by atoms with Crippen LogP contribution in [0.15, 0.2) is 0 Å². The molecule has 0 aliphatic heterocycles. The van der Waals surface area contributed by atoms with Crippen molar-refractivity contribution in [3.8, 4) is 0 Å². The lowest BCUT2D eigenvalue weighted by atomic mass is 10.2. The number of nitrogens with one attached hydrogen (secondary N) is 1. The molecule has 0 fully saturated rings. The van der Waals surface area contributed by atoms with Crippen LogP contribution in [0.25, 0.3) is 0 Å². The van der Waals surface area contributed by atoms with Gasteiger partial charge in [0.2, 0.25) is 5.69 Å². The van der Waals surface area contributed by atoms with Gasteiger partial charge in [-0.15, -0.1) is 0 Å². The van der Waals surface area contributed by atoms with Crippen LogP contribution in [0.2, 0.25) is 0 Å². The standard InChI is InChI=1S/C12H18N4O5/c1-5-15-10(9(16(19)20)7(3)14-15)11(17)13-8(4)12(18)21-6-2/h8H,5-6H2,1-4H3,(H,13,17). The Morgan fingerprint density at radius 2 is 2.10 bits per heavy atom. The number of hydrogen-bond acceptors (Lipinski definition) is 6. The van der Waals surface area contributed by atoms with E-state index in [2.05, 4.69) is 10.4 Å². The van der Waals surface area contributed by atoms with Crippen LogP contribution in [0, 0.1) is 17.0 Å². The molecule has 116 valence electrons. The third kappa shape index (κ3) is 3.56. The van der Waals surface area contributed by atoms with Crippen molar-refractivity contribution in [1.82, 2.24) is 15.1 Å². The van der Waals surface area contributed by atoms with Crippen molar-refractivity contribution < 1.29 is 19.2 Å². The monoisotopic (exact) mass is 298 g/mol. The molecular weight excluding hydrogens is 280 g/mol. The Labute approximate surface area is 121 Å². The van der Waals surface area contributed by atoms with Gasteiger partial charge in [0.15, 0.2) is 0 Å². The predicted molar refractivity (Wildman–Crippen MR) is 72.9 cm³/mol. The van der Waals surface area contributed by atoms with E-state index in [1.54, 1.807) is 13.8 Å². The highest BCUT2D eigenvalue weighted by Crippen LogP contribution is 2.23. The lowest BCUT2D eigenvalue weighted by molar-refractivity contribution is -0.385. The number of nitrogens with zero attached hydrogens (tertiary/aromatic N) is 3. The number of ether oxygens (including phenoxy) is 1. The second kappa shape index (κ2) is 6.82. The van der Waals surface area contributed by atoms with Gasteiger partial charge >= 0.3 is 11.7 Å². The highest BCUT2D eigenvalue weighted by Gasteiger charge is 2.31. The maximum atomic E-state index is 12.2. The van der Waals surface area contributed by atoms with Gasteiger partial charge in [-0.3, -0.25) is 19.6 Å². The van der Waals surface area contributed by atoms with Gasteiger partial charge in [-0.25, -0.2) is 4.79 Å². The summed E-state index contributed by atoms with van der Waals surface area (Å²) in [5.41, 5.74) is -0.377. The summed E-state index contributed by atoms with van der Waals surface area (Å²) in [5.74, 6) is -1.34. The van der Waals surface area contributed by atoms with Crippen LogP contribution in [0.5, 0.6) is 0 Å². The molecular formula is C12H18N4O5. The molecule has 0 bridgehead atoms. The van der Waals surface area contributed by atoms with Gasteiger partial charge in [0, 0.05) is 6.54 Å². The molecule has 1 aromatic rings. The Hall–Kier alpha value is -2.45. The Morgan fingerprint density at radius 3 is 2.57 bits per heavy atom. The van der Waals surface area contributed by atoms with Crippen molar-refractivity contribution >= 4 is 17.6 Å². The number of carbonyl (C=O) groups is 2. The van der Waals surface area contributed by atoms with Crippen molar-refractivity contribution in [3.05, 3.63) is 21.5 Å². The summed E-state index contributed by atoms with van der Waals surface area (Å²) >= 11 is 0. The first-order valence-electron chi connectivity index (χ1n) is 6.52. The third-order valence-corrected chi connectivity index (χ3v) is 2.78. The maximum absolute atomic E-state index is 12.2. The van der Waals surface area contributed by atoms with Crippen molar-refractivity contribution in [1.29, 1.82) is 0 Å². The molecule has 9 nitrogen and oxygen atoms in total. The Morgan fingerprint density at radius 1 is 1.48 bits per heavy atom. The molecule has 0 saturated heterocycles. The molecule has 0 aromatic carbocycles. The molecule has 0 aliphatic rings. The van der Waals surface area contributed by atoms with E-state index in [1.807, 2.05) is 0 Å². The number of aromatic nitrogens is 2. The third-order valence-electron chi connectivity index (χ3n) is 2.78. The first kappa shape index (κ1) is 16.6. The molecule has 1 heterocycles. The fraction of sp³-hybridized carbons (Fsp3) is 0.583. The van der Waals surface area contributed by atoms with Crippen LogP contribution < -0.4 is 5.32 Å². The number of esters is 1. The largest absolute Gasteiger partial charge is 0.464 e. The first-order chi connectivity index (χ1) is 9.83. The van der Waals surface area contributed by atoms with E-state index >= 15 is 0 Å². The Balaban J connectivity index is 3.07. The fourth-order valence-corrected chi connectivity index (χ4v) is 1.84. The zero-order chi connectivity index (χ0) is 16.2. The molecule has 1 amide bonds. The van der Waals surface area contributed by atoms with Crippen molar-refractivity contribution in [2.75, 3.05) is 6.61 Å². The molecule has 1 rings (SSSR count). The van der Waals surface area contributed by atoms with Crippen LogP contribution in [0.1, 0.15) is 37.0 Å². The van der Waals surface area contributed by atoms with Gasteiger partial charge < -0.3 is 10.1 Å². The molecule has 1 unspecified atom stereocenters. The van der Waals surface area contributed by atoms with Gasteiger partial charge in [0.25, 0.3) is 5.91 Å². The van der Waals surface area contributed by atoms with Crippen LogP contribution in [-0.2, 0) is 16.1 Å². The van der Waals surface area contributed by atoms with Gasteiger partial charge in [-0.2, -0.15) is 5.10 Å². The summed E-state index contributed by atoms with van der Waals surface area (Å²) in [6, 6.07) is -0.905. The molecule has 0 radical (unpaired) electrons. The van der Waals surface area contributed by atoms with Crippen LogP contribution in [0.3, 0.4) is 0 Å². The summed E-state index contributed by atoms with van der Waals surface area (Å²) in [4.78, 5) is 34.1. The number of nitro groups is 1. The van der Waals surface area contributed by atoms with E-state index < -0.39 is 22.8 Å². The molecule has 9 heteroatoms. The van der Waals surface area contributed by atoms with E-state index in [0.717, 1.165) is 0 Å². The smallest absolute Gasteiger partial charge is 0.328 e. The van der Waals surface area contributed by atoms with Crippen molar-refractivity contribution in [3.63, 3.8) is 0 Å². The van der Waals surface area contributed by atoms with E-state index in [-0.39, 0.29) is 23.7 Å². The van der Waals surface area contributed by atoms with E-state index in [9.17, 15) is 19.7 Å². The summed E-state index contributed by atoms with van der Waals surface area (Å²) < 4.78 is 6.01. The number of rotatable bonds is 6. The zero-order valence-corrected chi connectivity index (χ0v) is 12.4. The van der Waals surface area contributed by atoms with Gasteiger partial charge in [0.1, 0.15) is 11.7 Å². The van der Waals surface area contributed by atoms with Crippen LogP contribution in [-0.4, -0.2) is 39.2 Å². The summed E-state index contributed by atoms with van der Waals surface area (Å²) in [7, 11) is 0. The minimum Gasteiger partial charge on any atom is -0.464 e. The number of aryl methyl sites for hydroxylation is 2. The summed E-state index contributed by atoms with van der Waals surface area (Å²) in [5, 5.41) is 17.4. The second-order valence-electron chi connectivity index (χ2n) is 4.30. The normalized spacial score (nSPS) is 11.8. The zero-order valence-electron chi connectivity index (χ0n) is 12.4. The average Bonchev–Trinajstić information content (AvgIpc) is 2.75. The second-order valence-corrected chi connectivity index (χ2v) is 4.30. The fourth-order valence-electron chi connectivity index (χ4n) is 1.84. The van der Waals surface area contributed by atoms with Crippen LogP contribution >= 0.6 is 0 Å². The van der Waals surface area contributed by atoms with Gasteiger partial charge in [-0.1, -0.05) is 0 Å². The lowest BCUT2D eigenvalue weighted by Crippen LogP contribution is -2.40. The maximum Gasteiger partial charge on any atom is 0.328 e. The SMILES string of the molecule is CCOC(=O)C(C)NC(=O)c1c([N+](=O)[O-])c(C)nn1CC. The average molecular weight is 298 g/mol. The Bertz CT molecular complexity index is 566.